The fourth-order valence-electron chi connectivity index (χ4n) is 3.78. The van der Waals surface area contributed by atoms with Gasteiger partial charge in [0.1, 0.15) is 5.01 Å². The van der Waals surface area contributed by atoms with Crippen molar-refractivity contribution in [3.63, 3.8) is 0 Å². The van der Waals surface area contributed by atoms with E-state index in [9.17, 15) is 18.0 Å². The molecule has 4 rings (SSSR count). The number of carbonyl (C=O) groups excluding carboxylic acids is 1. The van der Waals surface area contributed by atoms with Crippen molar-refractivity contribution in [1.82, 2.24) is 20.2 Å². The minimum atomic E-state index is -4.63. The largest absolute Gasteiger partial charge is 0.404 e. The molecule has 31 heavy (non-hydrogen) atoms. The van der Waals surface area contributed by atoms with E-state index in [1.807, 2.05) is 35.7 Å². The Labute approximate surface area is 182 Å². The Morgan fingerprint density at radius 3 is 2.61 bits per heavy atom. The molecule has 0 spiro atoms. The molecular formula is C22H21F3N4OS. The zero-order chi connectivity index (χ0) is 21.9. The lowest BCUT2D eigenvalue weighted by molar-refractivity contribution is -0.218. The molecule has 0 saturated carbocycles. The van der Waals surface area contributed by atoms with Crippen LogP contribution in [0.25, 0.3) is 11.3 Å². The van der Waals surface area contributed by atoms with E-state index in [1.54, 1.807) is 29.4 Å². The van der Waals surface area contributed by atoms with Gasteiger partial charge in [0.25, 0.3) is 0 Å². The second kappa shape index (κ2) is 8.76. The third-order valence-corrected chi connectivity index (χ3v) is 6.35. The molecular weight excluding hydrogens is 425 g/mol. The van der Waals surface area contributed by atoms with E-state index in [4.69, 9.17) is 0 Å². The van der Waals surface area contributed by atoms with Crippen LogP contribution in [0.2, 0.25) is 0 Å². The third kappa shape index (κ3) is 4.62. The Bertz CT molecular complexity index is 1030. The standard InChI is InChI=1S/C22H21F3N4OS/c23-22(24,25)21(8-11-29(15-21)13-16-4-2-1-3-5-16)20(30)27-12-19-28-18(14-31-19)17-6-9-26-10-7-17/h1-7,9-10,14H,8,11-13,15H2,(H,27,30). The maximum Gasteiger partial charge on any atom is 0.404 e. The number of hydrogen-bond acceptors (Lipinski definition) is 5. The van der Waals surface area contributed by atoms with Crippen LogP contribution in [-0.2, 0) is 17.9 Å². The number of nitrogens with zero attached hydrogens (tertiary/aromatic N) is 3. The van der Waals surface area contributed by atoms with Crippen molar-refractivity contribution in [2.45, 2.75) is 25.7 Å². The lowest BCUT2D eigenvalue weighted by atomic mass is 9.85. The summed E-state index contributed by atoms with van der Waals surface area (Å²) in [4.78, 5) is 22.8. The number of aromatic nitrogens is 2. The minimum Gasteiger partial charge on any atom is -0.349 e. The molecule has 3 aromatic rings. The molecule has 1 aromatic carbocycles. The molecule has 5 nitrogen and oxygen atoms in total. The molecule has 1 unspecified atom stereocenters. The van der Waals surface area contributed by atoms with Gasteiger partial charge in [-0.1, -0.05) is 30.3 Å². The lowest BCUT2D eigenvalue weighted by Gasteiger charge is -2.30. The number of alkyl halides is 3. The molecule has 162 valence electrons. The second-order valence-corrected chi connectivity index (χ2v) is 8.51. The highest BCUT2D eigenvalue weighted by atomic mass is 32.1. The normalized spacial score (nSPS) is 19.5. The van der Waals surface area contributed by atoms with E-state index < -0.39 is 17.5 Å². The number of carbonyl (C=O) groups is 1. The number of pyridine rings is 1. The van der Waals surface area contributed by atoms with Crippen LogP contribution in [0, 0.1) is 5.41 Å². The van der Waals surface area contributed by atoms with Crippen LogP contribution >= 0.6 is 11.3 Å². The molecule has 0 bridgehead atoms. The van der Waals surface area contributed by atoms with Gasteiger partial charge in [0.15, 0.2) is 5.41 Å². The number of hydrogen-bond donors (Lipinski definition) is 1. The molecule has 1 amide bonds. The van der Waals surface area contributed by atoms with Crippen molar-refractivity contribution >= 4 is 17.2 Å². The van der Waals surface area contributed by atoms with Crippen LogP contribution in [-0.4, -0.2) is 40.0 Å². The van der Waals surface area contributed by atoms with Gasteiger partial charge in [-0.25, -0.2) is 4.98 Å². The van der Waals surface area contributed by atoms with E-state index >= 15 is 0 Å². The van der Waals surface area contributed by atoms with Gasteiger partial charge in [-0.3, -0.25) is 14.7 Å². The average molecular weight is 446 g/mol. The summed E-state index contributed by atoms with van der Waals surface area (Å²) in [5.41, 5.74) is 0.0831. The predicted octanol–water partition coefficient (Wildman–Crippen LogP) is 4.28. The first-order valence-electron chi connectivity index (χ1n) is 9.83. The van der Waals surface area contributed by atoms with E-state index in [1.165, 1.54) is 11.3 Å². The van der Waals surface area contributed by atoms with Gasteiger partial charge in [0.2, 0.25) is 5.91 Å². The zero-order valence-corrected chi connectivity index (χ0v) is 17.4. The molecule has 1 fully saturated rings. The maximum atomic E-state index is 14.0. The molecule has 3 heterocycles. The van der Waals surface area contributed by atoms with Crippen molar-refractivity contribution in [1.29, 1.82) is 0 Å². The molecule has 0 radical (unpaired) electrons. The van der Waals surface area contributed by atoms with Gasteiger partial charge < -0.3 is 5.32 Å². The van der Waals surface area contributed by atoms with Gasteiger partial charge in [0, 0.05) is 36.4 Å². The van der Waals surface area contributed by atoms with Crippen LogP contribution in [0.5, 0.6) is 0 Å². The summed E-state index contributed by atoms with van der Waals surface area (Å²) in [6.45, 7) is 0.210. The Kier molecular flexibility index (Phi) is 6.06. The first kappa shape index (κ1) is 21.5. The number of nitrogens with one attached hydrogen (secondary N) is 1. The summed E-state index contributed by atoms with van der Waals surface area (Å²) in [6, 6.07) is 12.9. The van der Waals surface area contributed by atoms with Gasteiger partial charge in [-0.2, -0.15) is 13.2 Å². The van der Waals surface area contributed by atoms with Crippen LogP contribution in [0.15, 0.2) is 60.2 Å². The summed E-state index contributed by atoms with van der Waals surface area (Å²) in [5, 5.41) is 4.85. The summed E-state index contributed by atoms with van der Waals surface area (Å²) in [6.07, 6.45) is -1.60. The van der Waals surface area contributed by atoms with Gasteiger partial charge in [0.05, 0.1) is 12.2 Å². The monoisotopic (exact) mass is 446 g/mol. The molecule has 1 saturated heterocycles. The fourth-order valence-corrected chi connectivity index (χ4v) is 4.53. The fraction of sp³-hybridized carbons (Fsp3) is 0.318. The van der Waals surface area contributed by atoms with Gasteiger partial charge >= 0.3 is 6.18 Å². The Morgan fingerprint density at radius 2 is 1.90 bits per heavy atom. The topological polar surface area (TPSA) is 58.1 Å². The SMILES string of the molecule is O=C(NCc1nc(-c2ccncc2)cs1)C1(C(F)(F)F)CCN(Cc2ccccc2)C1. The summed E-state index contributed by atoms with van der Waals surface area (Å²) >= 11 is 1.30. The van der Waals surface area contributed by atoms with E-state index in [-0.39, 0.29) is 26.1 Å². The smallest absolute Gasteiger partial charge is 0.349 e. The summed E-state index contributed by atoms with van der Waals surface area (Å²) < 4.78 is 42.1. The van der Waals surface area contributed by atoms with Crippen LogP contribution < -0.4 is 5.32 Å². The lowest BCUT2D eigenvalue weighted by Crippen LogP contribution is -2.52. The second-order valence-electron chi connectivity index (χ2n) is 7.57. The van der Waals surface area contributed by atoms with Crippen LogP contribution in [0.3, 0.4) is 0 Å². The van der Waals surface area contributed by atoms with E-state index in [0.29, 0.717) is 17.2 Å². The van der Waals surface area contributed by atoms with Crippen molar-refractivity contribution in [2.24, 2.45) is 5.41 Å². The Balaban J connectivity index is 1.43. The molecule has 2 aromatic heterocycles. The molecule has 1 aliphatic heterocycles. The molecule has 9 heteroatoms. The zero-order valence-electron chi connectivity index (χ0n) is 16.6. The summed E-state index contributed by atoms with van der Waals surface area (Å²) in [7, 11) is 0. The first-order chi connectivity index (χ1) is 14.9. The minimum absolute atomic E-state index is 0.0366. The third-order valence-electron chi connectivity index (χ3n) is 5.50. The molecule has 0 aliphatic carbocycles. The van der Waals surface area contributed by atoms with Crippen molar-refractivity contribution in [2.75, 3.05) is 13.1 Å². The van der Waals surface area contributed by atoms with Crippen molar-refractivity contribution in [3.05, 3.63) is 70.8 Å². The average Bonchev–Trinajstić information content (AvgIpc) is 3.41. The molecule has 1 N–H and O–H groups in total. The molecule has 1 atom stereocenters. The number of thiazole rings is 1. The van der Waals surface area contributed by atoms with Crippen molar-refractivity contribution in [3.8, 4) is 11.3 Å². The highest BCUT2D eigenvalue weighted by Gasteiger charge is 2.62. The number of rotatable bonds is 6. The quantitative estimate of drug-likeness (QED) is 0.614. The highest BCUT2D eigenvalue weighted by molar-refractivity contribution is 7.09. The van der Waals surface area contributed by atoms with Crippen LogP contribution in [0.4, 0.5) is 13.2 Å². The summed E-state index contributed by atoms with van der Waals surface area (Å²) in [5.74, 6) is -0.990. The first-order valence-corrected chi connectivity index (χ1v) is 10.7. The maximum absolute atomic E-state index is 14.0. The van der Waals surface area contributed by atoms with Crippen molar-refractivity contribution < 1.29 is 18.0 Å². The Hall–Kier alpha value is -2.78. The predicted molar refractivity (Wildman–Crippen MR) is 112 cm³/mol. The number of likely N-dealkylation sites (tertiary alicyclic amines) is 1. The number of benzene rings is 1. The van der Waals surface area contributed by atoms with Gasteiger partial charge in [-0.05, 0) is 30.7 Å². The van der Waals surface area contributed by atoms with E-state index in [0.717, 1.165) is 11.1 Å². The number of halogens is 3. The molecule has 1 aliphatic rings. The highest BCUT2D eigenvalue weighted by Crippen LogP contribution is 2.46. The Morgan fingerprint density at radius 1 is 1.16 bits per heavy atom. The van der Waals surface area contributed by atoms with Gasteiger partial charge in [-0.15, -0.1) is 11.3 Å². The van der Waals surface area contributed by atoms with Crippen LogP contribution in [0.1, 0.15) is 17.0 Å². The number of amides is 1. The van der Waals surface area contributed by atoms with E-state index in [2.05, 4.69) is 15.3 Å².